The fourth-order valence-electron chi connectivity index (χ4n) is 4.81. The number of hydrogen-bond donors (Lipinski definition) is 1. The summed E-state index contributed by atoms with van der Waals surface area (Å²) < 4.78 is 33.6. The predicted molar refractivity (Wildman–Crippen MR) is 153 cm³/mol. The Balaban J connectivity index is 1.17. The van der Waals surface area contributed by atoms with Gasteiger partial charge < -0.3 is 15.0 Å². The van der Waals surface area contributed by atoms with E-state index in [1.807, 2.05) is 30.0 Å². The molecule has 11 nitrogen and oxygen atoms in total. The molecule has 0 bridgehead atoms. The van der Waals surface area contributed by atoms with Gasteiger partial charge in [-0.15, -0.1) is 0 Å². The second-order valence-corrected chi connectivity index (χ2v) is 11.9. The van der Waals surface area contributed by atoms with Crippen molar-refractivity contribution in [1.29, 1.82) is 0 Å². The molecular weight excluding hydrogens is 556 g/mol. The Hall–Kier alpha value is -3.29. The van der Waals surface area contributed by atoms with Gasteiger partial charge in [-0.25, -0.2) is 8.42 Å². The molecule has 1 atom stereocenters. The number of nitrogens with zero attached hydrogens (tertiary/aromatic N) is 5. The lowest BCUT2D eigenvalue weighted by molar-refractivity contribution is -0.120. The van der Waals surface area contributed by atoms with Gasteiger partial charge in [-0.3, -0.25) is 14.5 Å². The number of benzene rings is 2. The number of halogens is 1. The monoisotopic (exact) mass is 586 g/mol. The molecule has 5 rings (SSSR count). The molecule has 1 amide bonds. The van der Waals surface area contributed by atoms with Crippen molar-refractivity contribution < 1.29 is 17.9 Å². The van der Waals surface area contributed by atoms with Crippen LogP contribution in [0.15, 0.2) is 70.5 Å². The second-order valence-electron chi connectivity index (χ2n) is 9.63. The van der Waals surface area contributed by atoms with E-state index in [1.54, 1.807) is 30.5 Å². The minimum Gasteiger partial charge on any atom is -0.379 e. The Bertz CT molecular complexity index is 1500. The number of aromatic nitrogens is 2. The van der Waals surface area contributed by atoms with E-state index in [9.17, 15) is 18.0 Å². The SMILES string of the molecule is CC(C(=O)Nc1ccc(S(=O)(=O)N2CCOCC2)cc1)N1CCN(c2cnn(-c3ccccc3)c(=O)c2Cl)CC1. The van der Waals surface area contributed by atoms with Crippen LogP contribution in [0.3, 0.4) is 0 Å². The first-order chi connectivity index (χ1) is 19.3. The van der Waals surface area contributed by atoms with E-state index in [1.165, 1.54) is 21.1 Å². The highest BCUT2D eigenvalue weighted by Gasteiger charge is 2.29. The lowest BCUT2D eigenvalue weighted by Crippen LogP contribution is -2.53. The fraction of sp³-hybridized carbons (Fsp3) is 0.370. The number of para-hydroxylation sites is 1. The van der Waals surface area contributed by atoms with E-state index < -0.39 is 16.1 Å². The van der Waals surface area contributed by atoms with Crippen molar-refractivity contribution in [2.24, 2.45) is 0 Å². The molecule has 1 unspecified atom stereocenters. The number of sulfonamides is 1. The van der Waals surface area contributed by atoms with Crippen LogP contribution in [0.4, 0.5) is 11.4 Å². The molecule has 0 saturated carbocycles. The summed E-state index contributed by atoms with van der Waals surface area (Å²) in [7, 11) is -3.60. The summed E-state index contributed by atoms with van der Waals surface area (Å²) in [6.45, 7) is 5.55. The van der Waals surface area contributed by atoms with Gasteiger partial charge >= 0.3 is 0 Å². The third-order valence-electron chi connectivity index (χ3n) is 7.21. The molecule has 1 N–H and O–H groups in total. The smallest absolute Gasteiger partial charge is 0.292 e. The van der Waals surface area contributed by atoms with Gasteiger partial charge in [0.2, 0.25) is 15.9 Å². The lowest BCUT2D eigenvalue weighted by Gasteiger charge is -2.38. The number of rotatable bonds is 7. The molecule has 0 spiro atoms. The van der Waals surface area contributed by atoms with Crippen molar-refractivity contribution in [1.82, 2.24) is 19.0 Å². The van der Waals surface area contributed by atoms with E-state index in [0.29, 0.717) is 69.5 Å². The molecule has 1 aromatic heterocycles. The minimum atomic E-state index is -3.60. The van der Waals surface area contributed by atoms with Gasteiger partial charge in [0.15, 0.2) is 0 Å². The highest BCUT2D eigenvalue weighted by Crippen LogP contribution is 2.24. The van der Waals surface area contributed by atoms with E-state index in [-0.39, 0.29) is 21.4 Å². The zero-order valence-electron chi connectivity index (χ0n) is 22.1. The van der Waals surface area contributed by atoms with Crippen LogP contribution in [0.25, 0.3) is 5.69 Å². The third kappa shape index (κ3) is 5.91. The van der Waals surface area contributed by atoms with Crippen molar-refractivity contribution >= 4 is 38.9 Å². The Morgan fingerprint density at radius 1 is 0.975 bits per heavy atom. The topological polar surface area (TPSA) is 117 Å². The Kier molecular flexibility index (Phi) is 8.52. The van der Waals surface area contributed by atoms with E-state index >= 15 is 0 Å². The Morgan fingerprint density at radius 2 is 1.62 bits per heavy atom. The molecule has 2 saturated heterocycles. The highest BCUT2D eigenvalue weighted by atomic mass is 35.5. The Labute approximate surface area is 237 Å². The van der Waals surface area contributed by atoms with Gasteiger partial charge in [0.25, 0.3) is 5.56 Å². The number of anilines is 2. The van der Waals surface area contributed by atoms with Gasteiger partial charge in [0.05, 0.1) is 41.7 Å². The summed E-state index contributed by atoms with van der Waals surface area (Å²) in [5, 5.41) is 7.31. The first kappa shape index (κ1) is 28.2. The summed E-state index contributed by atoms with van der Waals surface area (Å²) in [5.74, 6) is -0.192. The van der Waals surface area contributed by atoms with Crippen LogP contribution >= 0.6 is 11.6 Å². The van der Waals surface area contributed by atoms with Crippen LogP contribution in [0.5, 0.6) is 0 Å². The molecule has 212 valence electrons. The van der Waals surface area contributed by atoms with Crippen molar-refractivity contribution in [3.05, 3.63) is 76.2 Å². The van der Waals surface area contributed by atoms with Crippen molar-refractivity contribution in [3.8, 4) is 5.69 Å². The average Bonchev–Trinajstić information content (AvgIpc) is 2.99. The third-order valence-corrected chi connectivity index (χ3v) is 9.48. The average molecular weight is 587 g/mol. The second kappa shape index (κ2) is 12.1. The van der Waals surface area contributed by atoms with Gasteiger partial charge in [-0.2, -0.15) is 14.1 Å². The zero-order chi connectivity index (χ0) is 28.3. The summed E-state index contributed by atoms with van der Waals surface area (Å²) in [6, 6.07) is 14.9. The van der Waals surface area contributed by atoms with Gasteiger partial charge in [0, 0.05) is 45.0 Å². The van der Waals surface area contributed by atoms with Crippen molar-refractivity contribution in [2.75, 3.05) is 62.7 Å². The standard InChI is InChI=1S/C27H31ClN6O5S/c1-20(26(35)30-21-7-9-23(10-8-21)40(37,38)33-15-17-39-18-16-33)31-11-13-32(14-12-31)24-19-29-34(27(36)25(24)28)22-5-3-2-4-6-22/h2-10,19-20H,11-18H2,1H3,(H,30,35). The molecule has 2 fully saturated rings. The highest BCUT2D eigenvalue weighted by molar-refractivity contribution is 7.89. The molecule has 0 aliphatic carbocycles. The molecule has 3 heterocycles. The minimum absolute atomic E-state index is 0.108. The molecule has 2 aliphatic rings. The number of amides is 1. The first-order valence-electron chi connectivity index (χ1n) is 13.1. The fourth-order valence-corrected chi connectivity index (χ4v) is 6.46. The molecule has 2 aliphatic heterocycles. The maximum absolute atomic E-state index is 13.0. The van der Waals surface area contributed by atoms with Crippen LogP contribution in [0.1, 0.15) is 6.92 Å². The van der Waals surface area contributed by atoms with E-state index in [0.717, 1.165) is 0 Å². The quantitative estimate of drug-likeness (QED) is 0.447. The van der Waals surface area contributed by atoms with Crippen molar-refractivity contribution in [3.63, 3.8) is 0 Å². The van der Waals surface area contributed by atoms with Crippen LogP contribution in [-0.4, -0.2) is 91.8 Å². The van der Waals surface area contributed by atoms with Gasteiger partial charge in [0.1, 0.15) is 5.02 Å². The number of carbonyl (C=O) groups excluding carboxylic acids is 1. The summed E-state index contributed by atoms with van der Waals surface area (Å²) in [4.78, 5) is 30.1. The van der Waals surface area contributed by atoms with Crippen molar-refractivity contribution in [2.45, 2.75) is 17.9 Å². The summed E-state index contributed by atoms with van der Waals surface area (Å²) in [6.07, 6.45) is 1.60. The number of nitrogens with one attached hydrogen (secondary N) is 1. The van der Waals surface area contributed by atoms with E-state index in [2.05, 4.69) is 15.3 Å². The number of ether oxygens (including phenoxy) is 1. The zero-order valence-corrected chi connectivity index (χ0v) is 23.6. The van der Waals surface area contributed by atoms with Gasteiger partial charge in [-0.1, -0.05) is 29.8 Å². The van der Waals surface area contributed by atoms with Gasteiger partial charge in [-0.05, 0) is 43.3 Å². The molecule has 13 heteroatoms. The number of carbonyl (C=O) groups is 1. The van der Waals surface area contributed by atoms with Crippen LogP contribution in [0, 0.1) is 0 Å². The molecule has 40 heavy (non-hydrogen) atoms. The molecule has 0 radical (unpaired) electrons. The molecule has 2 aromatic carbocycles. The summed E-state index contributed by atoms with van der Waals surface area (Å²) >= 11 is 6.47. The van der Waals surface area contributed by atoms with Crippen LogP contribution in [-0.2, 0) is 19.6 Å². The first-order valence-corrected chi connectivity index (χ1v) is 14.9. The maximum atomic E-state index is 13.0. The number of piperazine rings is 1. The largest absolute Gasteiger partial charge is 0.379 e. The maximum Gasteiger partial charge on any atom is 0.292 e. The predicted octanol–water partition coefficient (Wildman–Crippen LogP) is 2.06. The lowest BCUT2D eigenvalue weighted by atomic mass is 10.2. The Morgan fingerprint density at radius 3 is 2.27 bits per heavy atom. The van der Waals surface area contributed by atoms with Crippen LogP contribution < -0.4 is 15.8 Å². The van der Waals surface area contributed by atoms with E-state index in [4.69, 9.17) is 16.3 Å². The van der Waals surface area contributed by atoms with Crippen LogP contribution in [0.2, 0.25) is 5.02 Å². The molecule has 3 aromatic rings. The molecular formula is C27H31ClN6O5S. The summed E-state index contributed by atoms with van der Waals surface area (Å²) in [5.41, 5.74) is 1.35. The number of hydrogen-bond acceptors (Lipinski definition) is 8. The normalized spacial score (nSPS) is 17.9. The number of morpholine rings is 1.